The molecule has 0 unspecified atom stereocenters. The fourth-order valence-corrected chi connectivity index (χ4v) is 2.76. The average molecular weight is 335 g/mol. The third-order valence-electron chi connectivity index (χ3n) is 4.16. The number of aliphatic hydroxyl groups excluding tert-OH is 3. The largest absolute Gasteiger partial charge is 0.481 e. The zero-order chi connectivity index (χ0) is 17.5. The van der Waals surface area contributed by atoms with Gasteiger partial charge in [-0.15, -0.1) is 0 Å². The Labute approximate surface area is 136 Å². The van der Waals surface area contributed by atoms with E-state index in [2.05, 4.69) is 5.32 Å². The van der Waals surface area contributed by atoms with Crippen molar-refractivity contribution in [3.05, 3.63) is 0 Å². The molecule has 2 atom stereocenters. The molecule has 0 saturated heterocycles. The van der Waals surface area contributed by atoms with Gasteiger partial charge in [0.25, 0.3) is 5.91 Å². The highest BCUT2D eigenvalue weighted by molar-refractivity contribution is 5.85. The molecule has 1 fully saturated rings. The van der Waals surface area contributed by atoms with Crippen molar-refractivity contribution in [2.75, 3.05) is 6.54 Å². The fraction of sp³-hybridized carbons (Fsp3) is 0.867. The topological polar surface area (TPSA) is 147 Å². The van der Waals surface area contributed by atoms with Crippen molar-refractivity contribution in [3.8, 4) is 0 Å². The summed E-state index contributed by atoms with van der Waals surface area (Å²) in [7, 11) is 0. The van der Waals surface area contributed by atoms with Gasteiger partial charge in [0, 0.05) is 27.2 Å². The van der Waals surface area contributed by atoms with E-state index < -0.39 is 35.8 Å². The van der Waals surface area contributed by atoms with Crippen LogP contribution in [0.1, 0.15) is 52.8 Å². The van der Waals surface area contributed by atoms with E-state index >= 15 is 0 Å². The molecular formula is C15H29NO7. The van der Waals surface area contributed by atoms with Gasteiger partial charge < -0.3 is 30.8 Å². The number of carbonyl (C=O) groups is 2. The van der Waals surface area contributed by atoms with Crippen molar-refractivity contribution in [1.82, 2.24) is 5.32 Å². The zero-order valence-corrected chi connectivity index (χ0v) is 13.1. The van der Waals surface area contributed by atoms with Crippen LogP contribution in [0, 0.1) is 0 Å². The second-order valence-corrected chi connectivity index (χ2v) is 6.23. The molecule has 0 aromatic carbocycles. The maximum Gasteiger partial charge on any atom is 0.303 e. The molecule has 0 aliphatic heterocycles. The smallest absolute Gasteiger partial charge is 0.303 e. The molecule has 0 heterocycles. The lowest BCUT2D eigenvalue weighted by Crippen LogP contribution is -2.59. The Hall–Kier alpha value is -1.22. The molecule has 1 amide bonds. The van der Waals surface area contributed by atoms with Crippen molar-refractivity contribution < 1.29 is 36.5 Å². The van der Waals surface area contributed by atoms with Gasteiger partial charge in [0.2, 0.25) is 0 Å². The number of nitrogens with one attached hydrogen (secondary N) is 1. The third kappa shape index (κ3) is 6.42. The van der Waals surface area contributed by atoms with Gasteiger partial charge in [-0.1, -0.05) is 19.3 Å². The minimum atomic E-state index is -1.88. The Kier molecular flexibility index (Phi) is 7.90. The molecule has 0 spiro atoms. The molecule has 1 aliphatic carbocycles. The second kappa shape index (κ2) is 9.17. The van der Waals surface area contributed by atoms with Crippen molar-refractivity contribution in [1.29, 1.82) is 0 Å². The minimum absolute atomic E-state index is 0. The van der Waals surface area contributed by atoms with Crippen LogP contribution in [0.2, 0.25) is 0 Å². The molecule has 0 aromatic heterocycles. The highest BCUT2D eigenvalue weighted by Gasteiger charge is 2.48. The summed E-state index contributed by atoms with van der Waals surface area (Å²) in [5.41, 5.74) is -1.88. The van der Waals surface area contributed by atoms with Crippen molar-refractivity contribution >= 4 is 11.9 Å². The highest BCUT2D eigenvalue weighted by Crippen LogP contribution is 2.29. The summed E-state index contributed by atoms with van der Waals surface area (Å²) in [6.45, 7) is 0.356. The number of aliphatic carboxylic acids is 1. The second-order valence-electron chi connectivity index (χ2n) is 6.23. The van der Waals surface area contributed by atoms with Crippen LogP contribution >= 0.6 is 0 Å². The fourth-order valence-electron chi connectivity index (χ4n) is 2.76. The number of unbranched alkanes of at least 4 members (excludes halogenated alkanes) is 4. The van der Waals surface area contributed by atoms with Gasteiger partial charge in [-0.05, 0) is 12.8 Å². The van der Waals surface area contributed by atoms with E-state index in [4.69, 9.17) is 5.11 Å². The Balaban J connectivity index is 0.00000529. The first-order chi connectivity index (χ1) is 10.8. The first-order valence-corrected chi connectivity index (χ1v) is 8.03. The first kappa shape index (κ1) is 19.8. The molecule has 6 N–H and O–H groups in total. The van der Waals surface area contributed by atoms with Crippen molar-refractivity contribution in [2.45, 2.75) is 75.3 Å². The molecule has 23 heavy (non-hydrogen) atoms. The number of carbonyl (C=O) groups excluding carboxylic acids is 1. The Morgan fingerprint density at radius 2 is 1.52 bits per heavy atom. The van der Waals surface area contributed by atoms with Gasteiger partial charge in [-0.3, -0.25) is 9.59 Å². The van der Waals surface area contributed by atoms with Crippen molar-refractivity contribution in [3.63, 3.8) is 0 Å². The summed E-state index contributed by atoms with van der Waals surface area (Å²) < 4.78 is 0. The molecule has 8 heteroatoms. The summed E-state index contributed by atoms with van der Waals surface area (Å²) in [5.74, 6) is -1.46. The summed E-state index contributed by atoms with van der Waals surface area (Å²) in [4.78, 5) is 22.3. The number of amides is 1. The van der Waals surface area contributed by atoms with E-state index in [-0.39, 0.29) is 20.7 Å². The van der Waals surface area contributed by atoms with Gasteiger partial charge in [0.1, 0.15) is 11.7 Å². The standard InChI is InChI=1S/C15H27NO7.H2/c17-10-8-15(23,9-11(18)13(10)21)14(22)16-7-5-3-1-2-4-6-12(19)20;/h10-11,13,17-18,21,23H,1-9H2,(H,16,22)(H,19,20);1H/t10-,11-,13?,15?;/m1./s1. The maximum atomic E-state index is 12.0. The maximum absolute atomic E-state index is 12.0. The molecule has 136 valence electrons. The predicted octanol–water partition coefficient (Wildman–Crippen LogP) is -0.619. The van der Waals surface area contributed by atoms with Gasteiger partial charge in [-0.2, -0.15) is 0 Å². The monoisotopic (exact) mass is 335 g/mol. The number of carboxylic acid groups (broad SMARTS) is 1. The molecular weight excluding hydrogens is 306 g/mol. The van der Waals surface area contributed by atoms with Crippen LogP contribution in [0.25, 0.3) is 0 Å². The third-order valence-corrected chi connectivity index (χ3v) is 4.16. The summed E-state index contributed by atoms with van der Waals surface area (Å²) in [6, 6.07) is 0. The molecule has 0 aromatic rings. The van der Waals surface area contributed by atoms with Crippen LogP contribution in [-0.2, 0) is 9.59 Å². The van der Waals surface area contributed by atoms with E-state index in [1.54, 1.807) is 0 Å². The van der Waals surface area contributed by atoms with Crippen LogP contribution in [0.5, 0.6) is 0 Å². The minimum Gasteiger partial charge on any atom is -0.481 e. The normalized spacial score (nSPS) is 30.9. The Morgan fingerprint density at radius 1 is 1.00 bits per heavy atom. The SMILES string of the molecule is O=C(O)CCCCCCCNC(=O)C1(O)C[C@@H](O)C(O)[C@H](O)C1.[HH]. The molecule has 1 saturated carbocycles. The lowest BCUT2D eigenvalue weighted by atomic mass is 9.79. The quantitative estimate of drug-likeness (QED) is 0.308. The lowest BCUT2D eigenvalue weighted by Gasteiger charge is -2.39. The summed E-state index contributed by atoms with van der Waals surface area (Å²) >= 11 is 0. The van der Waals surface area contributed by atoms with Crippen LogP contribution in [0.4, 0.5) is 0 Å². The Morgan fingerprint density at radius 3 is 2.09 bits per heavy atom. The van der Waals surface area contributed by atoms with Crippen LogP contribution in [0.15, 0.2) is 0 Å². The van der Waals surface area contributed by atoms with Gasteiger partial charge >= 0.3 is 5.97 Å². The summed E-state index contributed by atoms with van der Waals surface area (Å²) in [6.07, 6.45) is -0.637. The first-order valence-electron chi connectivity index (χ1n) is 8.03. The molecule has 1 aliphatic rings. The van der Waals surface area contributed by atoms with Crippen LogP contribution in [-0.4, -0.2) is 67.9 Å². The van der Waals surface area contributed by atoms with Gasteiger partial charge in [0.05, 0.1) is 12.2 Å². The van der Waals surface area contributed by atoms with E-state index in [0.717, 1.165) is 19.3 Å². The average Bonchev–Trinajstić information content (AvgIpc) is 2.46. The number of hydrogen-bond donors (Lipinski definition) is 6. The van der Waals surface area contributed by atoms with Gasteiger partial charge in [-0.25, -0.2) is 0 Å². The predicted molar refractivity (Wildman–Crippen MR) is 82.7 cm³/mol. The Bertz CT molecular complexity index is 395. The lowest BCUT2D eigenvalue weighted by molar-refractivity contribution is -0.172. The van der Waals surface area contributed by atoms with Crippen molar-refractivity contribution in [2.24, 2.45) is 0 Å². The van der Waals surface area contributed by atoms with Crippen LogP contribution in [0.3, 0.4) is 0 Å². The van der Waals surface area contributed by atoms with E-state index in [9.17, 15) is 30.0 Å². The molecule has 8 nitrogen and oxygen atoms in total. The van der Waals surface area contributed by atoms with E-state index in [1.165, 1.54) is 0 Å². The van der Waals surface area contributed by atoms with E-state index in [1.807, 2.05) is 0 Å². The molecule has 0 radical (unpaired) electrons. The number of rotatable bonds is 9. The highest BCUT2D eigenvalue weighted by atomic mass is 16.4. The number of aliphatic hydroxyl groups is 4. The van der Waals surface area contributed by atoms with E-state index in [0.29, 0.717) is 19.4 Å². The number of carboxylic acids is 1. The van der Waals surface area contributed by atoms with Gasteiger partial charge in [0.15, 0.2) is 0 Å². The zero-order valence-electron chi connectivity index (χ0n) is 13.1. The number of hydrogen-bond acceptors (Lipinski definition) is 6. The molecule has 0 bridgehead atoms. The summed E-state index contributed by atoms with van der Waals surface area (Å²) in [5, 5.41) is 49.9. The van der Waals surface area contributed by atoms with Crippen LogP contribution < -0.4 is 5.32 Å². The molecule has 1 rings (SSSR count).